The molecule has 1 unspecified atom stereocenters. The summed E-state index contributed by atoms with van der Waals surface area (Å²) in [5, 5.41) is 0. The van der Waals surface area contributed by atoms with Crippen LogP contribution in [-0.2, 0) is 4.79 Å². The van der Waals surface area contributed by atoms with Gasteiger partial charge in [0.1, 0.15) is 5.50 Å². The third-order valence-corrected chi connectivity index (χ3v) is 3.63. The van der Waals surface area contributed by atoms with Crippen LogP contribution in [0.3, 0.4) is 0 Å². The number of benzene rings is 1. The lowest BCUT2D eigenvalue weighted by atomic mass is 10.2. The molecule has 4 heteroatoms. The Morgan fingerprint density at radius 3 is 2.74 bits per heavy atom. The van der Waals surface area contributed by atoms with E-state index >= 15 is 0 Å². The van der Waals surface area contributed by atoms with Gasteiger partial charge in [-0.3, -0.25) is 4.79 Å². The first-order valence-corrected chi connectivity index (χ1v) is 7.05. The van der Waals surface area contributed by atoms with Gasteiger partial charge >= 0.3 is 0 Å². The van der Waals surface area contributed by atoms with Crippen molar-refractivity contribution in [2.45, 2.75) is 18.8 Å². The van der Waals surface area contributed by atoms with E-state index in [1.807, 2.05) is 25.1 Å². The fourth-order valence-corrected chi connectivity index (χ4v) is 2.52. The minimum Gasteiger partial charge on any atom is -0.372 e. The summed E-state index contributed by atoms with van der Waals surface area (Å²) in [7, 11) is 0. The van der Waals surface area contributed by atoms with Crippen LogP contribution in [0.15, 0.2) is 36.5 Å². The number of hydrogen-bond donors (Lipinski definition) is 0. The first-order chi connectivity index (χ1) is 9.20. The van der Waals surface area contributed by atoms with Gasteiger partial charge in [-0.25, -0.2) is 0 Å². The molecule has 0 aromatic heterocycles. The van der Waals surface area contributed by atoms with Gasteiger partial charge in [0, 0.05) is 19.5 Å². The van der Waals surface area contributed by atoms with Crippen LogP contribution in [0.1, 0.15) is 18.9 Å². The predicted molar refractivity (Wildman–Crippen MR) is 78.7 cm³/mol. The predicted octanol–water partition coefficient (Wildman–Crippen LogP) is 2.78. The van der Waals surface area contributed by atoms with Gasteiger partial charge in [0.05, 0.1) is 6.54 Å². The van der Waals surface area contributed by atoms with Gasteiger partial charge in [0.15, 0.2) is 0 Å². The SMILES string of the molecule is CCC(=O)N1CCN(C=Cc2ccccc2)CC1Cl. The number of hydrogen-bond acceptors (Lipinski definition) is 2. The molecule has 1 atom stereocenters. The van der Waals surface area contributed by atoms with Crippen molar-refractivity contribution in [2.24, 2.45) is 0 Å². The Morgan fingerprint density at radius 2 is 2.11 bits per heavy atom. The van der Waals surface area contributed by atoms with Crippen LogP contribution in [0.4, 0.5) is 0 Å². The third kappa shape index (κ3) is 3.74. The van der Waals surface area contributed by atoms with Crippen LogP contribution >= 0.6 is 11.6 Å². The normalized spacial score (nSPS) is 20.0. The van der Waals surface area contributed by atoms with E-state index in [1.165, 1.54) is 5.56 Å². The van der Waals surface area contributed by atoms with Gasteiger partial charge in [0.2, 0.25) is 5.91 Å². The van der Waals surface area contributed by atoms with Crippen LogP contribution in [0.25, 0.3) is 6.08 Å². The highest BCUT2D eigenvalue weighted by molar-refractivity contribution is 6.21. The Labute approximate surface area is 119 Å². The standard InChI is InChI=1S/C15H19ClN2O/c1-2-15(19)18-11-10-17(12-14(18)16)9-8-13-6-4-3-5-7-13/h3-9,14H,2,10-12H2,1H3. The molecule has 0 bridgehead atoms. The highest BCUT2D eigenvalue weighted by atomic mass is 35.5. The van der Waals surface area contributed by atoms with E-state index in [4.69, 9.17) is 11.6 Å². The minimum atomic E-state index is -0.235. The van der Waals surface area contributed by atoms with Crippen molar-refractivity contribution in [3.8, 4) is 0 Å². The lowest BCUT2D eigenvalue weighted by molar-refractivity contribution is -0.133. The van der Waals surface area contributed by atoms with Crippen molar-refractivity contribution < 1.29 is 4.79 Å². The molecule has 102 valence electrons. The number of amides is 1. The van der Waals surface area contributed by atoms with E-state index in [0.717, 1.165) is 6.54 Å². The number of alkyl halides is 1. The molecule has 1 aromatic carbocycles. The second-order valence-corrected chi connectivity index (χ2v) is 5.10. The smallest absolute Gasteiger partial charge is 0.223 e. The van der Waals surface area contributed by atoms with Crippen molar-refractivity contribution in [2.75, 3.05) is 19.6 Å². The summed E-state index contributed by atoms with van der Waals surface area (Å²) in [6, 6.07) is 10.2. The molecule has 19 heavy (non-hydrogen) atoms. The Balaban J connectivity index is 1.92. The number of carbonyl (C=O) groups is 1. The number of rotatable bonds is 3. The topological polar surface area (TPSA) is 23.6 Å². The summed E-state index contributed by atoms with van der Waals surface area (Å²) < 4.78 is 0. The molecule has 0 saturated carbocycles. The van der Waals surface area contributed by atoms with Gasteiger partial charge in [-0.2, -0.15) is 0 Å². The van der Waals surface area contributed by atoms with Crippen molar-refractivity contribution in [1.29, 1.82) is 0 Å². The summed E-state index contributed by atoms with van der Waals surface area (Å²) in [6.07, 6.45) is 4.64. The van der Waals surface area contributed by atoms with Gasteiger partial charge in [-0.1, -0.05) is 48.9 Å². The summed E-state index contributed by atoms with van der Waals surface area (Å²) in [6.45, 7) is 4.07. The Morgan fingerprint density at radius 1 is 1.37 bits per heavy atom. The Bertz CT molecular complexity index is 447. The summed E-state index contributed by atoms with van der Waals surface area (Å²) in [5.41, 5.74) is 0.933. The van der Waals surface area contributed by atoms with Gasteiger partial charge in [-0.15, -0.1) is 0 Å². The van der Waals surface area contributed by atoms with Crippen LogP contribution in [0, 0.1) is 0 Å². The van der Waals surface area contributed by atoms with Crippen LogP contribution < -0.4 is 0 Å². The molecule has 1 aliphatic heterocycles. The fourth-order valence-electron chi connectivity index (χ4n) is 2.13. The monoisotopic (exact) mass is 278 g/mol. The Hall–Kier alpha value is -1.48. The summed E-state index contributed by atoms with van der Waals surface area (Å²) in [5.74, 6) is 0.131. The van der Waals surface area contributed by atoms with Gasteiger partial charge in [-0.05, 0) is 17.8 Å². The van der Waals surface area contributed by atoms with E-state index in [1.54, 1.807) is 4.90 Å². The molecule has 0 radical (unpaired) electrons. The number of piperazine rings is 1. The highest BCUT2D eigenvalue weighted by Crippen LogP contribution is 2.15. The number of carbonyl (C=O) groups excluding carboxylic acids is 1. The van der Waals surface area contributed by atoms with Gasteiger partial charge in [0.25, 0.3) is 0 Å². The lowest BCUT2D eigenvalue weighted by Crippen LogP contribution is -2.51. The zero-order valence-corrected chi connectivity index (χ0v) is 11.9. The molecule has 0 aliphatic carbocycles. The average Bonchev–Trinajstić information content (AvgIpc) is 2.45. The third-order valence-electron chi connectivity index (χ3n) is 3.25. The summed E-state index contributed by atoms with van der Waals surface area (Å²) >= 11 is 6.26. The largest absolute Gasteiger partial charge is 0.372 e. The van der Waals surface area contributed by atoms with Crippen LogP contribution in [0.5, 0.6) is 0 Å². The molecule has 1 heterocycles. The maximum atomic E-state index is 11.7. The highest BCUT2D eigenvalue weighted by Gasteiger charge is 2.26. The zero-order chi connectivity index (χ0) is 13.7. The lowest BCUT2D eigenvalue weighted by Gasteiger charge is -2.38. The van der Waals surface area contributed by atoms with Gasteiger partial charge < -0.3 is 9.80 Å². The van der Waals surface area contributed by atoms with Crippen LogP contribution in [-0.4, -0.2) is 40.8 Å². The molecule has 1 fully saturated rings. The van der Waals surface area contributed by atoms with Crippen LogP contribution in [0.2, 0.25) is 0 Å². The fraction of sp³-hybridized carbons (Fsp3) is 0.400. The quantitative estimate of drug-likeness (QED) is 0.627. The van der Waals surface area contributed by atoms with E-state index in [0.29, 0.717) is 19.5 Å². The molecule has 0 spiro atoms. The molecule has 0 N–H and O–H groups in total. The van der Waals surface area contributed by atoms with E-state index in [9.17, 15) is 4.79 Å². The van der Waals surface area contributed by atoms with Crippen molar-refractivity contribution in [3.63, 3.8) is 0 Å². The second kappa shape index (κ2) is 6.62. The molecular formula is C15H19ClN2O. The molecule has 1 saturated heterocycles. The van der Waals surface area contributed by atoms with Crippen molar-refractivity contribution in [3.05, 3.63) is 42.1 Å². The van der Waals surface area contributed by atoms with E-state index in [-0.39, 0.29) is 11.4 Å². The summed E-state index contributed by atoms with van der Waals surface area (Å²) in [4.78, 5) is 15.6. The maximum Gasteiger partial charge on any atom is 0.223 e. The minimum absolute atomic E-state index is 0.131. The molecule has 3 nitrogen and oxygen atoms in total. The number of nitrogens with zero attached hydrogens (tertiary/aromatic N) is 2. The second-order valence-electron chi connectivity index (χ2n) is 4.60. The average molecular weight is 279 g/mol. The molecule has 2 rings (SSSR count). The molecule has 1 amide bonds. The molecule has 1 aromatic rings. The van der Waals surface area contributed by atoms with E-state index in [2.05, 4.69) is 29.3 Å². The van der Waals surface area contributed by atoms with E-state index < -0.39 is 0 Å². The first kappa shape index (κ1) is 13.9. The molecular weight excluding hydrogens is 260 g/mol. The van der Waals surface area contributed by atoms with Crippen molar-refractivity contribution in [1.82, 2.24) is 9.80 Å². The number of halogens is 1. The molecule has 1 aliphatic rings. The van der Waals surface area contributed by atoms with Crippen molar-refractivity contribution >= 4 is 23.6 Å². The maximum absolute atomic E-state index is 11.7. The first-order valence-electron chi connectivity index (χ1n) is 6.61. The zero-order valence-electron chi connectivity index (χ0n) is 11.1. The Kier molecular flexibility index (Phi) is 4.86.